The summed E-state index contributed by atoms with van der Waals surface area (Å²) in [5, 5.41) is 12.3. The normalized spacial score (nSPS) is 11.9. The molecule has 0 saturated carbocycles. The number of para-hydroxylation sites is 1. The average molecular weight is 258 g/mol. The number of hydrogen-bond donors (Lipinski definition) is 2. The van der Waals surface area contributed by atoms with E-state index in [1.807, 2.05) is 0 Å². The number of esters is 1. The van der Waals surface area contributed by atoms with Gasteiger partial charge in [0.1, 0.15) is 0 Å². The maximum atomic E-state index is 11.6. The second-order valence-electron chi connectivity index (χ2n) is 3.46. The van der Waals surface area contributed by atoms with E-state index in [4.69, 9.17) is 16.3 Å². The molecule has 0 amide bonds. The first-order valence-electron chi connectivity index (χ1n) is 5.43. The quantitative estimate of drug-likeness (QED) is 0.603. The van der Waals surface area contributed by atoms with Crippen LogP contribution in [0.5, 0.6) is 0 Å². The molecule has 1 unspecified atom stereocenters. The molecule has 0 aliphatic rings. The second-order valence-corrected chi connectivity index (χ2v) is 3.76. The van der Waals surface area contributed by atoms with E-state index in [2.05, 4.69) is 5.32 Å². The van der Waals surface area contributed by atoms with Gasteiger partial charge in [0.25, 0.3) is 0 Å². The van der Waals surface area contributed by atoms with Crippen LogP contribution in [0.1, 0.15) is 17.3 Å². The van der Waals surface area contributed by atoms with Crippen molar-refractivity contribution in [2.45, 2.75) is 13.0 Å². The highest BCUT2D eigenvalue weighted by Gasteiger charge is 2.12. The zero-order valence-corrected chi connectivity index (χ0v) is 10.4. The van der Waals surface area contributed by atoms with E-state index in [0.717, 1.165) is 0 Å². The van der Waals surface area contributed by atoms with Crippen LogP contribution in [0.4, 0.5) is 5.69 Å². The maximum Gasteiger partial charge on any atom is 0.340 e. The maximum absolute atomic E-state index is 11.6. The third kappa shape index (κ3) is 4.24. The fourth-order valence-corrected chi connectivity index (χ4v) is 1.42. The molecule has 0 bridgehead atoms. The lowest BCUT2D eigenvalue weighted by Crippen LogP contribution is -2.22. The topological polar surface area (TPSA) is 58.6 Å². The van der Waals surface area contributed by atoms with E-state index in [-0.39, 0.29) is 11.8 Å². The van der Waals surface area contributed by atoms with Gasteiger partial charge < -0.3 is 15.2 Å². The van der Waals surface area contributed by atoms with Crippen molar-refractivity contribution < 1.29 is 14.6 Å². The zero-order chi connectivity index (χ0) is 12.7. The molecular formula is C12H16ClNO3. The lowest BCUT2D eigenvalue weighted by molar-refractivity contribution is 0.0527. The highest BCUT2D eigenvalue weighted by Crippen LogP contribution is 2.16. The summed E-state index contributed by atoms with van der Waals surface area (Å²) in [5.41, 5.74) is 1.09. The number of aliphatic hydroxyl groups is 1. The zero-order valence-electron chi connectivity index (χ0n) is 9.65. The molecule has 5 heteroatoms. The molecule has 0 radical (unpaired) electrons. The lowest BCUT2D eigenvalue weighted by Gasteiger charge is -2.13. The SMILES string of the molecule is CCOC(=O)c1ccccc1NCC(O)CCl. The van der Waals surface area contributed by atoms with Crippen LogP contribution in [-0.4, -0.2) is 36.2 Å². The van der Waals surface area contributed by atoms with Crippen molar-refractivity contribution in [3.05, 3.63) is 29.8 Å². The summed E-state index contributed by atoms with van der Waals surface area (Å²) >= 11 is 5.49. The van der Waals surface area contributed by atoms with Crippen molar-refractivity contribution in [2.75, 3.05) is 24.3 Å². The molecule has 2 N–H and O–H groups in total. The van der Waals surface area contributed by atoms with Gasteiger partial charge in [0, 0.05) is 12.2 Å². The van der Waals surface area contributed by atoms with Crippen LogP contribution in [0, 0.1) is 0 Å². The summed E-state index contributed by atoms with van der Waals surface area (Å²) in [5.74, 6) is -0.231. The van der Waals surface area contributed by atoms with Crippen molar-refractivity contribution >= 4 is 23.3 Å². The van der Waals surface area contributed by atoms with E-state index < -0.39 is 6.10 Å². The number of alkyl halides is 1. The van der Waals surface area contributed by atoms with Crippen LogP contribution in [0.15, 0.2) is 24.3 Å². The van der Waals surface area contributed by atoms with Crippen molar-refractivity contribution in [1.82, 2.24) is 0 Å². The smallest absolute Gasteiger partial charge is 0.340 e. The second kappa shape index (κ2) is 7.14. The van der Waals surface area contributed by atoms with Gasteiger partial charge in [-0.25, -0.2) is 4.79 Å². The van der Waals surface area contributed by atoms with Gasteiger partial charge in [-0.2, -0.15) is 0 Å². The molecule has 1 aromatic rings. The minimum absolute atomic E-state index is 0.147. The number of anilines is 1. The number of nitrogens with one attached hydrogen (secondary N) is 1. The minimum atomic E-state index is -0.646. The van der Waals surface area contributed by atoms with Crippen LogP contribution in [0.2, 0.25) is 0 Å². The standard InChI is InChI=1S/C12H16ClNO3/c1-2-17-12(16)10-5-3-4-6-11(10)14-8-9(15)7-13/h3-6,9,14-15H,2,7-8H2,1H3. The Kier molecular flexibility index (Phi) is 5.80. The Labute approximate surface area is 106 Å². The molecule has 4 nitrogen and oxygen atoms in total. The van der Waals surface area contributed by atoms with Gasteiger partial charge in [-0.3, -0.25) is 0 Å². The fourth-order valence-electron chi connectivity index (χ4n) is 1.31. The molecule has 1 aromatic carbocycles. The summed E-state index contributed by atoms with van der Waals surface area (Å²) < 4.78 is 4.93. The molecular weight excluding hydrogens is 242 g/mol. The number of rotatable bonds is 6. The van der Waals surface area contributed by atoms with Gasteiger partial charge in [0.15, 0.2) is 0 Å². The largest absolute Gasteiger partial charge is 0.462 e. The first-order valence-corrected chi connectivity index (χ1v) is 5.96. The molecule has 0 fully saturated rings. The van der Waals surface area contributed by atoms with Gasteiger partial charge in [0.2, 0.25) is 0 Å². The van der Waals surface area contributed by atoms with E-state index in [1.165, 1.54) is 0 Å². The summed E-state index contributed by atoms with van der Waals surface area (Å²) in [6.07, 6.45) is -0.646. The number of aliphatic hydroxyl groups excluding tert-OH is 1. The van der Waals surface area contributed by atoms with E-state index in [9.17, 15) is 9.90 Å². The molecule has 0 spiro atoms. The third-order valence-corrected chi connectivity index (χ3v) is 2.48. The van der Waals surface area contributed by atoms with E-state index in [1.54, 1.807) is 31.2 Å². The van der Waals surface area contributed by atoms with Crippen LogP contribution in [-0.2, 0) is 4.74 Å². The highest BCUT2D eigenvalue weighted by atomic mass is 35.5. The molecule has 0 saturated heterocycles. The summed E-state index contributed by atoms with van der Waals surface area (Å²) in [4.78, 5) is 11.6. The fraction of sp³-hybridized carbons (Fsp3) is 0.417. The van der Waals surface area contributed by atoms with Crippen molar-refractivity contribution in [2.24, 2.45) is 0 Å². The van der Waals surface area contributed by atoms with Gasteiger partial charge in [-0.15, -0.1) is 11.6 Å². The van der Waals surface area contributed by atoms with Crippen molar-refractivity contribution in [3.63, 3.8) is 0 Å². The number of ether oxygens (including phenoxy) is 1. The van der Waals surface area contributed by atoms with Gasteiger partial charge in [-0.1, -0.05) is 12.1 Å². The number of benzene rings is 1. The number of hydrogen-bond acceptors (Lipinski definition) is 4. The predicted octanol–water partition coefficient (Wildman–Crippen LogP) is 1.87. The molecule has 0 aliphatic heterocycles. The molecule has 1 atom stereocenters. The molecule has 1 rings (SSSR count). The van der Waals surface area contributed by atoms with Crippen molar-refractivity contribution in [3.8, 4) is 0 Å². The molecule has 0 aromatic heterocycles. The summed E-state index contributed by atoms with van der Waals surface area (Å²) in [7, 11) is 0. The minimum Gasteiger partial charge on any atom is -0.462 e. The Balaban J connectivity index is 2.74. The Morgan fingerprint density at radius 3 is 2.88 bits per heavy atom. The monoisotopic (exact) mass is 257 g/mol. The third-order valence-electron chi connectivity index (χ3n) is 2.13. The summed E-state index contributed by atoms with van der Waals surface area (Å²) in [6, 6.07) is 6.99. The van der Waals surface area contributed by atoms with Gasteiger partial charge in [-0.05, 0) is 19.1 Å². The van der Waals surface area contributed by atoms with Crippen LogP contribution < -0.4 is 5.32 Å². The Morgan fingerprint density at radius 1 is 1.53 bits per heavy atom. The lowest BCUT2D eigenvalue weighted by atomic mass is 10.1. The van der Waals surface area contributed by atoms with Gasteiger partial charge >= 0.3 is 5.97 Å². The van der Waals surface area contributed by atoms with Crippen LogP contribution in [0.3, 0.4) is 0 Å². The van der Waals surface area contributed by atoms with Crippen LogP contribution >= 0.6 is 11.6 Å². The van der Waals surface area contributed by atoms with Gasteiger partial charge in [0.05, 0.1) is 24.2 Å². The number of carbonyl (C=O) groups is 1. The highest BCUT2D eigenvalue weighted by molar-refractivity contribution is 6.18. The first kappa shape index (κ1) is 13.8. The predicted molar refractivity (Wildman–Crippen MR) is 67.6 cm³/mol. The number of carbonyl (C=O) groups excluding carboxylic acids is 1. The van der Waals surface area contributed by atoms with Crippen LogP contribution in [0.25, 0.3) is 0 Å². The Bertz CT molecular complexity index is 371. The first-order chi connectivity index (χ1) is 8.19. The van der Waals surface area contributed by atoms with Crippen molar-refractivity contribution in [1.29, 1.82) is 0 Å². The Morgan fingerprint density at radius 2 is 2.24 bits per heavy atom. The number of halogens is 1. The summed E-state index contributed by atoms with van der Waals surface area (Å²) in [6.45, 7) is 2.38. The molecule has 94 valence electrons. The molecule has 17 heavy (non-hydrogen) atoms. The molecule has 0 aliphatic carbocycles. The van der Waals surface area contributed by atoms with E-state index >= 15 is 0 Å². The van der Waals surface area contributed by atoms with E-state index in [0.29, 0.717) is 24.4 Å². The Hall–Kier alpha value is -1.26. The molecule has 0 heterocycles. The average Bonchev–Trinajstić information content (AvgIpc) is 2.36.